The maximum Gasteiger partial charge on any atom is 0.490 e. The molecule has 386 valence electrons. The van der Waals surface area contributed by atoms with Gasteiger partial charge in [-0.15, -0.1) is 0 Å². The van der Waals surface area contributed by atoms with Crippen LogP contribution in [0.15, 0.2) is 107 Å². The van der Waals surface area contributed by atoms with Crippen molar-refractivity contribution in [2.75, 3.05) is 26.2 Å². The summed E-state index contributed by atoms with van der Waals surface area (Å²) in [5.41, 5.74) is -2.56. The molecule has 0 amide bonds. The molecule has 1 fully saturated rings. The number of carboxylic acids is 2. The third-order valence-corrected chi connectivity index (χ3v) is 13.3. The number of carbonyl (C=O) groups excluding carboxylic acids is 1. The number of alkyl halides is 12. The Hall–Kier alpha value is -6.53. The maximum atomic E-state index is 13.7. The second-order valence-corrected chi connectivity index (χ2v) is 18.1. The zero-order chi connectivity index (χ0) is 53.5. The number of aliphatic hydroxyl groups excluding tert-OH is 2. The smallest absolute Gasteiger partial charge is 0.475 e. The van der Waals surface area contributed by atoms with Gasteiger partial charge in [-0.3, -0.25) is 9.69 Å². The van der Waals surface area contributed by atoms with Crippen molar-refractivity contribution in [1.82, 2.24) is 18.2 Å². The van der Waals surface area contributed by atoms with Crippen molar-refractivity contribution >= 4 is 60.1 Å². The lowest BCUT2D eigenvalue weighted by molar-refractivity contribution is -0.193. The van der Waals surface area contributed by atoms with Gasteiger partial charge < -0.3 is 25.7 Å². The molecule has 7 rings (SSSR count). The lowest BCUT2D eigenvalue weighted by atomic mass is 10.0. The van der Waals surface area contributed by atoms with Crippen LogP contribution >= 0.6 is 0 Å². The summed E-state index contributed by atoms with van der Waals surface area (Å²) in [6.45, 7) is 1.69. The Morgan fingerprint density at radius 1 is 0.577 bits per heavy atom. The van der Waals surface area contributed by atoms with E-state index in [1.54, 1.807) is 12.1 Å². The van der Waals surface area contributed by atoms with Crippen LogP contribution < -0.4 is 5.32 Å². The number of aldehydes is 1. The van der Waals surface area contributed by atoms with Crippen molar-refractivity contribution in [2.24, 2.45) is 0 Å². The van der Waals surface area contributed by atoms with Crippen molar-refractivity contribution in [2.45, 2.75) is 54.3 Å². The highest BCUT2D eigenvalue weighted by Gasteiger charge is 2.39. The number of rotatable bonds is 9. The Morgan fingerprint density at radius 3 is 1.30 bits per heavy atom. The predicted molar refractivity (Wildman–Crippen MR) is 225 cm³/mol. The number of hydrogen-bond donors (Lipinski definition) is 5. The molecular formula is C42H36F12N4O11S2. The van der Waals surface area contributed by atoms with Crippen LogP contribution in [0.3, 0.4) is 0 Å². The molecule has 1 aliphatic heterocycles. The van der Waals surface area contributed by atoms with Gasteiger partial charge in [-0.2, -0.15) is 52.7 Å². The quantitative estimate of drug-likeness (QED) is 0.0711. The number of carbonyl (C=O) groups is 3. The summed E-state index contributed by atoms with van der Waals surface area (Å²) < 4.78 is 198. The minimum Gasteiger partial charge on any atom is -0.475 e. The highest BCUT2D eigenvalue weighted by atomic mass is 32.2. The van der Waals surface area contributed by atoms with Gasteiger partial charge in [0.2, 0.25) is 0 Å². The Kier molecular flexibility index (Phi) is 17.9. The summed E-state index contributed by atoms with van der Waals surface area (Å²) in [7, 11) is -8.49. The maximum absolute atomic E-state index is 13.7. The Bertz CT molecular complexity index is 3050. The van der Waals surface area contributed by atoms with Crippen LogP contribution in [0.5, 0.6) is 0 Å². The molecule has 15 nitrogen and oxygen atoms in total. The molecule has 1 saturated heterocycles. The first-order valence-electron chi connectivity index (χ1n) is 19.6. The molecule has 0 saturated carbocycles. The molecule has 0 spiro atoms. The second kappa shape index (κ2) is 22.3. The Labute approximate surface area is 392 Å². The van der Waals surface area contributed by atoms with Gasteiger partial charge in [0.15, 0.2) is 6.29 Å². The van der Waals surface area contributed by atoms with Crippen molar-refractivity contribution in [3.63, 3.8) is 0 Å². The first-order valence-corrected chi connectivity index (χ1v) is 22.5. The van der Waals surface area contributed by atoms with E-state index in [1.807, 2.05) is 4.90 Å². The molecule has 5 N–H and O–H groups in total. The van der Waals surface area contributed by atoms with Crippen LogP contribution in [-0.4, -0.2) is 107 Å². The van der Waals surface area contributed by atoms with Crippen molar-refractivity contribution in [1.29, 1.82) is 0 Å². The van der Waals surface area contributed by atoms with Gasteiger partial charge in [0, 0.05) is 49.1 Å². The normalized spacial score (nSPS) is 13.8. The number of nitrogens with zero attached hydrogens (tertiary/aromatic N) is 3. The third kappa shape index (κ3) is 13.9. The first-order chi connectivity index (χ1) is 32.8. The van der Waals surface area contributed by atoms with Gasteiger partial charge in [-0.1, -0.05) is 36.4 Å². The van der Waals surface area contributed by atoms with Crippen LogP contribution in [0.2, 0.25) is 0 Å². The van der Waals surface area contributed by atoms with Gasteiger partial charge in [-0.05, 0) is 66.2 Å². The number of halogens is 12. The monoisotopic (exact) mass is 1060 g/mol. The molecule has 71 heavy (non-hydrogen) atoms. The number of benzene rings is 4. The fraction of sp³-hybridized carbons (Fsp3) is 0.262. The minimum absolute atomic E-state index is 0.0107. The number of fused-ring (bicyclic) bond motifs is 2. The van der Waals surface area contributed by atoms with E-state index in [0.717, 1.165) is 29.2 Å². The third-order valence-electron chi connectivity index (χ3n) is 9.77. The molecule has 6 aromatic rings. The summed E-state index contributed by atoms with van der Waals surface area (Å²) in [5.74, 6) is -5.51. The van der Waals surface area contributed by atoms with Gasteiger partial charge in [0.25, 0.3) is 20.0 Å². The average Bonchev–Trinajstić information content (AvgIpc) is 3.89. The van der Waals surface area contributed by atoms with E-state index in [1.165, 1.54) is 60.7 Å². The SMILES string of the molecule is O=C(O)C(F)(F)F.O=C(O)C(F)(F)F.O=Cc1cc(C(F)(F)F)cc2c1cc(CO)n2S(=O)(=O)c1ccccc1.O=S(=O)(c1ccccc1)n1c(CO)cc2c(CN3CCNCC3)cc(C(F)(F)F)cc21. The summed E-state index contributed by atoms with van der Waals surface area (Å²) in [6, 6.07) is 20.4. The molecule has 0 radical (unpaired) electrons. The van der Waals surface area contributed by atoms with E-state index < -0.39 is 81.0 Å². The molecule has 0 bridgehead atoms. The van der Waals surface area contributed by atoms with Gasteiger partial charge in [0.1, 0.15) is 0 Å². The van der Waals surface area contributed by atoms with Crippen LogP contribution in [0.25, 0.3) is 21.8 Å². The van der Waals surface area contributed by atoms with Gasteiger partial charge >= 0.3 is 36.6 Å². The molecular weight excluding hydrogens is 1030 g/mol. The van der Waals surface area contributed by atoms with Gasteiger partial charge in [-0.25, -0.2) is 34.4 Å². The zero-order valence-corrected chi connectivity index (χ0v) is 37.2. The highest BCUT2D eigenvalue weighted by Crippen LogP contribution is 2.38. The fourth-order valence-electron chi connectivity index (χ4n) is 6.63. The number of piperazine rings is 1. The number of aliphatic carboxylic acids is 2. The number of hydrogen-bond acceptors (Lipinski definition) is 11. The van der Waals surface area contributed by atoms with Gasteiger partial charge in [0.05, 0.1) is 56.6 Å². The van der Waals surface area contributed by atoms with E-state index in [9.17, 15) is 84.5 Å². The number of carboxylic acid groups (broad SMARTS) is 2. The fourth-order valence-corrected chi connectivity index (χ4v) is 9.71. The Balaban J connectivity index is 0.000000246. The largest absolute Gasteiger partial charge is 0.490 e. The number of aromatic nitrogens is 2. The van der Waals surface area contributed by atoms with Crippen LogP contribution in [0.1, 0.15) is 38.4 Å². The molecule has 3 heterocycles. The van der Waals surface area contributed by atoms with E-state index in [0.29, 0.717) is 40.1 Å². The molecule has 0 unspecified atom stereocenters. The molecule has 0 atom stereocenters. The summed E-state index contributed by atoms with van der Waals surface area (Å²) in [4.78, 5) is 30.8. The molecule has 4 aromatic carbocycles. The van der Waals surface area contributed by atoms with E-state index in [4.69, 9.17) is 19.8 Å². The summed E-state index contributed by atoms with van der Waals surface area (Å²) >= 11 is 0. The standard InChI is InChI=1S/C21H22F3N3O3S.C17H12F3NO4S.2C2HF3O2/c22-21(23,24)16-10-15(13-26-8-6-25-7-9-26)19-12-17(14-28)27(20(19)11-16)31(29,30)18-4-2-1-3-5-18;18-17(19,20)12-6-11(9-22)15-8-13(10-23)21(16(15)7-12)26(24,25)14-4-2-1-3-5-14;2*3-2(4,5)1(6)7/h1-5,10-12,25,28H,6-9,13-14H2;1-9,23H,10H2;2*(H,6,7). The van der Waals surface area contributed by atoms with Crippen LogP contribution in [0.4, 0.5) is 52.7 Å². The Morgan fingerprint density at radius 2 is 0.944 bits per heavy atom. The van der Waals surface area contributed by atoms with Crippen molar-refractivity contribution < 1.29 is 104 Å². The number of aliphatic hydroxyl groups is 2. The average molecular weight is 1060 g/mol. The summed E-state index contributed by atoms with van der Waals surface area (Å²) in [6.07, 6.45) is -19.4. The van der Waals surface area contributed by atoms with E-state index in [2.05, 4.69) is 5.32 Å². The summed E-state index contributed by atoms with van der Waals surface area (Å²) in [5, 5.41) is 37.2. The number of nitrogens with one attached hydrogen (secondary N) is 1. The lowest BCUT2D eigenvalue weighted by Crippen LogP contribution is -2.42. The van der Waals surface area contributed by atoms with Crippen molar-refractivity contribution in [3.05, 3.63) is 131 Å². The lowest BCUT2D eigenvalue weighted by Gasteiger charge is -2.27. The van der Waals surface area contributed by atoms with Crippen LogP contribution in [-0.2, 0) is 61.7 Å². The zero-order valence-electron chi connectivity index (χ0n) is 35.6. The second-order valence-electron chi connectivity index (χ2n) is 14.6. The first kappa shape index (κ1) is 57.1. The van der Waals surface area contributed by atoms with E-state index >= 15 is 0 Å². The van der Waals surface area contributed by atoms with E-state index in [-0.39, 0.29) is 56.0 Å². The minimum atomic E-state index is -5.08. The highest BCUT2D eigenvalue weighted by molar-refractivity contribution is 7.90. The predicted octanol–water partition coefficient (Wildman–Crippen LogP) is 7.26. The van der Waals surface area contributed by atoms with Crippen LogP contribution in [0, 0.1) is 0 Å². The van der Waals surface area contributed by atoms with Crippen molar-refractivity contribution in [3.8, 4) is 0 Å². The topological polar surface area (TPSA) is 226 Å². The molecule has 1 aliphatic rings. The molecule has 0 aliphatic carbocycles. The molecule has 29 heteroatoms. The molecule has 2 aromatic heterocycles.